The molecular formula is C15H13N3O5. The SMILES string of the molecule is COC(=O)c1cc(C(=O)Nc2ccccn2)c(C)c([N+](=O)[O-])c1. The van der Waals surface area contributed by atoms with Crippen LogP contribution in [0.4, 0.5) is 11.5 Å². The summed E-state index contributed by atoms with van der Waals surface area (Å²) in [6, 6.07) is 7.28. The number of aromatic nitrogens is 1. The lowest BCUT2D eigenvalue weighted by Gasteiger charge is -2.09. The maximum absolute atomic E-state index is 12.3. The number of anilines is 1. The van der Waals surface area contributed by atoms with Crippen molar-refractivity contribution in [2.24, 2.45) is 0 Å². The number of rotatable bonds is 4. The molecule has 1 heterocycles. The molecule has 0 aliphatic rings. The Morgan fingerprint density at radius 3 is 2.61 bits per heavy atom. The maximum Gasteiger partial charge on any atom is 0.338 e. The van der Waals surface area contributed by atoms with Gasteiger partial charge in [-0.2, -0.15) is 0 Å². The molecule has 1 amide bonds. The fourth-order valence-corrected chi connectivity index (χ4v) is 1.98. The second kappa shape index (κ2) is 6.65. The Balaban J connectivity index is 2.47. The molecule has 0 radical (unpaired) electrons. The van der Waals surface area contributed by atoms with Gasteiger partial charge in [0, 0.05) is 17.8 Å². The summed E-state index contributed by atoms with van der Waals surface area (Å²) >= 11 is 0. The van der Waals surface area contributed by atoms with Crippen LogP contribution in [0.1, 0.15) is 26.3 Å². The monoisotopic (exact) mass is 315 g/mol. The van der Waals surface area contributed by atoms with Crippen LogP contribution in [-0.4, -0.2) is 28.9 Å². The molecule has 0 bridgehead atoms. The molecule has 2 aromatic rings. The van der Waals surface area contributed by atoms with E-state index in [4.69, 9.17) is 0 Å². The molecule has 1 aromatic carbocycles. The van der Waals surface area contributed by atoms with Crippen molar-refractivity contribution in [1.82, 2.24) is 4.98 Å². The number of nitro benzene ring substituents is 1. The first kappa shape index (κ1) is 16.1. The van der Waals surface area contributed by atoms with Crippen LogP contribution in [0.15, 0.2) is 36.5 Å². The molecule has 1 aromatic heterocycles. The Hall–Kier alpha value is -3.29. The van der Waals surface area contributed by atoms with Gasteiger partial charge in [0.1, 0.15) is 5.82 Å². The van der Waals surface area contributed by atoms with Gasteiger partial charge in [0.2, 0.25) is 0 Å². The number of carbonyl (C=O) groups is 2. The quantitative estimate of drug-likeness (QED) is 0.526. The van der Waals surface area contributed by atoms with E-state index in [9.17, 15) is 19.7 Å². The van der Waals surface area contributed by atoms with E-state index in [2.05, 4.69) is 15.0 Å². The van der Waals surface area contributed by atoms with Gasteiger partial charge in [-0.15, -0.1) is 0 Å². The molecule has 0 spiro atoms. The molecule has 0 fully saturated rings. The minimum atomic E-state index is -0.764. The number of nitrogens with zero attached hydrogens (tertiary/aromatic N) is 2. The standard InChI is InChI=1S/C15H13N3O5/c1-9-11(14(19)17-13-5-3-4-6-16-13)7-10(15(20)23-2)8-12(9)18(21)22/h3-8H,1-2H3,(H,16,17,19). The highest BCUT2D eigenvalue weighted by atomic mass is 16.6. The minimum Gasteiger partial charge on any atom is -0.465 e. The highest BCUT2D eigenvalue weighted by molar-refractivity contribution is 6.07. The van der Waals surface area contributed by atoms with Crippen LogP contribution in [0.3, 0.4) is 0 Å². The van der Waals surface area contributed by atoms with Crippen LogP contribution in [0, 0.1) is 17.0 Å². The Bertz CT molecular complexity index is 774. The third-order valence-electron chi connectivity index (χ3n) is 3.15. The van der Waals surface area contributed by atoms with Gasteiger partial charge in [-0.05, 0) is 25.1 Å². The first-order valence-corrected chi connectivity index (χ1v) is 6.53. The van der Waals surface area contributed by atoms with Crippen LogP contribution in [0.25, 0.3) is 0 Å². The fourth-order valence-electron chi connectivity index (χ4n) is 1.98. The smallest absolute Gasteiger partial charge is 0.338 e. The van der Waals surface area contributed by atoms with E-state index in [-0.39, 0.29) is 22.4 Å². The lowest BCUT2D eigenvalue weighted by molar-refractivity contribution is -0.385. The second-order valence-corrected chi connectivity index (χ2v) is 4.59. The summed E-state index contributed by atoms with van der Waals surface area (Å²) in [7, 11) is 1.15. The zero-order chi connectivity index (χ0) is 17.0. The van der Waals surface area contributed by atoms with Crippen molar-refractivity contribution in [3.05, 3.63) is 63.3 Å². The van der Waals surface area contributed by atoms with Gasteiger partial charge in [0.05, 0.1) is 23.2 Å². The maximum atomic E-state index is 12.3. The summed E-state index contributed by atoms with van der Waals surface area (Å²) in [5.74, 6) is -1.07. The van der Waals surface area contributed by atoms with Crippen LogP contribution < -0.4 is 5.32 Å². The number of hydrogen-bond donors (Lipinski definition) is 1. The largest absolute Gasteiger partial charge is 0.465 e. The predicted octanol–water partition coefficient (Wildman–Crippen LogP) is 2.34. The first-order valence-electron chi connectivity index (χ1n) is 6.53. The van der Waals surface area contributed by atoms with Gasteiger partial charge in [0.15, 0.2) is 0 Å². The summed E-state index contributed by atoms with van der Waals surface area (Å²) in [6.07, 6.45) is 1.50. The molecular weight excluding hydrogens is 302 g/mol. The molecule has 0 aliphatic carbocycles. The molecule has 0 saturated carbocycles. The van der Waals surface area contributed by atoms with Gasteiger partial charge < -0.3 is 10.1 Å². The molecule has 2 rings (SSSR count). The van der Waals surface area contributed by atoms with Gasteiger partial charge in [-0.3, -0.25) is 14.9 Å². The van der Waals surface area contributed by atoms with Crippen molar-refractivity contribution in [3.63, 3.8) is 0 Å². The number of nitrogens with one attached hydrogen (secondary N) is 1. The number of benzene rings is 1. The van der Waals surface area contributed by atoms with Crippen LogP contribution in [0.2, 0.25) is 0 Å². The molecule has 8 heteroatoms. The molecule has 0 atom stereocenters. The number of nitro groups is 1. The first-order chi connectivity index (χ1) is 10.9. The molecule has 23 heavy (non-hydrogen) atoms. The molecule has 0 unspecified atom stereocenters. The van der Waals surface area contributed by atoms with E-state index < -0.39 is 16.8 Å². The Morgan fingerprint density at radius 2 is 2.04 bits per heavy atom. The molecule has 118 valence electrons. The molecule has 8 nitrogen and oxygen atoms in total. The molecule has 0 saturated heterocycles. The van der Waals surface area contributed by atoms with E-state index in [1.165, 1.54) is 19.2 Å². The molecule has 0 aliphatic heterocycles. The van der Waals surface area contributed by atoms with Crippen LogP contribution >= 0.6 is 0 Å². The van der Waals surface area contributed by atoms with Crippen LogP contribution in [-0.2, 0) is 4.74 Å². The van der Waals surface area contributed by atoms with Gasteiger partial charge in [0.25, 0.3) is 11.6 Å². The number of carbonyl (C=O) groups excluding carboxylic acids is 2. The number of ether oxygens (including phenoxy) is 1. The van der Waals surface area contributed by atoms with Crippen molar-refractivity contribution in [2.75, 3.05) is 12.4 Å². The average Bonchev–Trinajstić information content (AvgIpc) is 2.54. The predicted molar refractivity (Wildman–Crippen MR) is 81.4 cm³/mol. The van der Waals surface area contributed by atoms with E-state index >= 15 is 0 Å². The third-order valence-corrected chi connectivity index (χ3v) is 3.15. The Kier molecular flexibility index (Phi) is 4.65. The van der Waals surface area contributed by atoms with E-state index in [0.29, 0.717) is 5.82 Å². The van der Waals surface area contributed by atoms with Crippen molar-refractivity contribution >= 4 is 23.4 Å². The zero-order valence-electron chi connectivity index (χ0n) is 12.4. The topological polar surface area (TPSA) is 111 Å². The third kappa shape index (κ3) is 3.49. The normalized spacial score (nSPS) is 10.0. The molecule has 1 N–H and O–H groups in total. The summed E-state index contributed by atoms with van der Waals surface area (Å²) in [4.78, 5) is 38.4. The van der Waals surface area contributed by atoms with Crippen LogP contribution in [0.5, 0.6) is 0 Å². The average molecular weight is 315 g/mol. The highest BCUT2D eigenvalue weighted by Crippen LogP contribution is 2.25. The summed E-state index contributed by atoms with van der Waals surface area (Å²) in [5, 5.41) is 13.7. The van der Waals surface area contributed by atoms with Crippen molar-refractivity contribution < 1.29 is 19.2 Å². The summed E-state index contributed by atoms with van der Waals surface area (Å²) < 4.78 is 4.56. The number of pyridine rings is 1. The fraction of sp³-hybridized carbons (Fsp3) is 0.133. The van der Waals surface area contributed by atoms with E-state index in [1.54, 1.807) is 18.2 Å². The number of hydrogen-bond acceptors (Lipinski definition) is 6. The number of amides is 1. The van der Waals surface area contributed by atoms with Crippen molar-refractivity contribution in [3.8, 4) is 0 Å². The van der Waals surface area contributed by atoms with Gasteiger partial charge in [-0.1, -0.05) is 6.07 Å². The lowest BCUT2D eigenvalue weighted by Crippen LogP contribution is -2.16. The number of methoxy groups -OCH3 is 1. The summed E-state index contributed by atoms with van der Waals surface area (Å²) in [6.45, 7) is 1.44. The Morgan fingerprint density at radius 1 is 1.30 bits per heavy atom. The zero-order valence-corrected chi connectivity index (χ0v) is 12.4. The Labute approximate surface area is 131 Å². The summed E-state index contributed by atoms with van der Waals surface area (Å²) in [5.41, 5.74) is -0.253. The van der Waals surface area contributed by atoms with Crippen molar-refractivity contribution in [1.29, 1.82) is 0 Å². The minimum absolute atomic E-state index is 0.00486. The lowest BCUT2D eigenvalue weighted by atomic mass is 10.0. The van der Waals surface area contributed by atoms with Crippen molar-refractivity contribution in [2.45, 2.75) is 6.92 Å². The second-order valence-electron chi connectivity index (χ2n) is 4.59. The highest BCUT2D eigenvalue weighted by Gasteiger charge is 2.23. The van der Waals surface area contributed by atoms with E-state index in [0.717, 1.165) is 13.2 Å². The van der Waals surface area contributed by atoms with Gasteiger partial charge >= 0.3 is 5.97 Å². The van der Waals surface area contributed by atoms with Gasteiger partial charge in [-0.25, -0.2) is 9.78 Å². The number of esters is 1. The van der Waals surface area contributed by atoms with E-state index in [1.807, 2.05) is 0 Å².